The molecule has 1 aromatic heterocycles. The Morgan fingerprint density at radius 3 is 2.89 bits per heavy atom. The van der Waals surface area contributed by atoms with E-state index in [1.165, 1.54) is 5.56 Å². The van der Waals surface area contributed by atoms with E-state index in [2.05, 4.69) is 16.0 Å². The molecule has 0 aromatic carbocycles. The number of carbonyl (C=O) groups is 3. The van der Waals surface area contributed by atoms with Gasteiger partial charge in [-0.3, -0.25) is 14.9 Å². The minimum absolute atomic E-state index is 0.107. The summed E-state index contributed by atoms with van der Waals surface area (Å²) in [4.78, 5) is 33.7. The van der Waals surface area contributed by atoms with Gasteiger partial charge in [0.15, 0.2) is 0 Å². The fourth-order valence-electron chi connectivity index (χ4n) is 1.81. The van der Waals surface area contributed by atoms with Crippen LogP contribution in [0.1, 0.15) is 18.4 Å². The maximum absolute atomic E-state index is 11.6. The van der Waals surface area contributed by atoms with Crippen molar-refractivity contribution in [3.63, 3.8) is 0 Å². The Morgan fingerprint density at radius 2 is 2.26 bits per heavy atom. The molecule has 1 atom stereocenters. The first-order valence-corrected chi connectivity index (χ1v) is 6.98. The molecule has 7 heteroatoms. The molecule has 1 aliphatic heterocycles. The molecule has 0 unspecified atom stereocenters. The van der Waals surface area contributed by atoms with Gasteiger partial charge in [-0.2, -0.15) is 11.3 Å². The second-order valence-electron chi connectivity index (χ2n) is 4.29. The lowest BCUT2D eigenvalue weighted by molar-refractivity contribution is -0.122. The first kappa shape index (κ1) is 13.5. The highest BCUT2D eigenvalue weighted by Gasteiger charge is 2.29. The summed E-state index contributed by atoms with van der Waals surface area (Å²) in [5.74, 6) is -0.472. The number of thiophene rings is 1. The number of amides is 4. The number of hydrogen-bond acceptors (Lipinski definition) is 4. The minimum atomic E-state index is -0.588. The van der Waals surface area contributed by atoms with Crippen LogP contribution >= 0.6 is 11.3 Å². The second kappa shape index (κ2) is 6.33. The van der Waals surface area contributed by atoms with Crippen molar-refractivity contribution in [2.75, 3.05) is 6.54 Å². The van der Waals surface area contributed by atoms with Gasteiger partial charge in [-0.05, 0) is 35.2 Å². The van der Waals surface area contributed by atoms with Gasteiger partial charge in [0, 0.05) is 13.0 Å². The molecule has 0 spiro atoms. The molecule has 102 valence electrons. The van der Waals surface area contributed by atoms with Crippen LogP contribution in [0.3, 0.4) is 0 Å². The number of imide groups is 1. The first-order chi connectivity index (χ1) is 9.15. The SMILES string of the molecule is O=C(CC[C@H]1NC(=O)NC1=O)NCCc1ccsc1. The average Bonchev–Trinajstić information content (AvgIpc) is 2.97. The summed E-state index contributed by atoms with van der Waals surface area (Å²) in [7, 11) is 0. The summed E-state index contributed by atoms with van der Waals surface area (Å²) in [6.07, 6.45) is 1.35. The molecule has 0 radical (unpaired) electrons. The predicted molar refractivity (Wildman–Crippen MR) is 70.7 cm³/mol. The fourth-order valence-corrected chi connectivity index (χ4v) is 2.51. The molecule has 3 N–H and O–H groups in total. The van der Waals surface area contributed by atoms with Gasteiger partial charge in [-0.25, -0.2) is 4.79 Å². The predicted octanol–water partition coefficient (Wildman–Crippen LogP) is 0.395. The highest BCUT2D eigenvalue weighted by molar-refractivity contribution is 7.07. The topological polar surface area (TPSA) is 87.3 Å². The molecule has 0 bridgehead atoms. The molecule has 6 nitrogen and oxygen atoms in total. The monoisotopic (exact) mass is 281 g/mol. The molecule has 1 fully saturated rings. The number of nitrogens with one attached hydrogen (secondary N) is 3. The normalized spacial score (nSPS) is 18.0. The van der Waals surface area contributed by atoms with E-state index in [0.717, 1.165) is 6.42 Å². The Kier molecular flexibility index (Phi) is 4.51. The van der Waals surface area contributed by atoms with Crippen molar-refractivity contribution >= 4 is 29.2 Å². The lowest BCUT2D eigenvalue weighted by Crippen LogP contribution is -2.32. The number of carbonyl (C=O) groups excluding carboxylic acids is 3. The van der Waals surface area contributed by atoms with Crippen LogP contribution in [0.25, 0.3) is 0 Å². The number of hydrogen-bond donors (Lipinski definition) is 3. The average molecular weight is 281 g/mol. The van der Waals surface area contributed by atoms with Crippen molar-refractivity contribution in [3.05, 3.63) is 22.4 Å². The standard InChI is InChI=1S/C12H15N3O3S/c16-10(13-5-3-8-4-6-19-7-8)2-1-9-11(17)15-12(18)14-9/h4,6-7,9H,1-3,5H2,(H,13,16)(H2,14,15,17,18)/t9-/m1/s1. The van der Waals surface area contributed by atoms with E-state index < -0.39 is 12.1 Å². The lowest BCUT2D eigenvalue weighted by atomic mass is 10.1. The third kappa shape index (κ3) is 4.06. The third-order valence-corrected chi connectivity index (χ3v) is 3.57. The van der Waals surface area contributed by atoms with Crippen LogP contribution in [0.2, 0.25) is 0 Å². The summed E-state index contributed by atoms with van der Waals surface area (Å²) in [5.41, 5.74) is 1.20. The van der Waals surface area contributed by atoms with E-state index in [4.69, 9.17) is 0 Å². The van der Waals surface area contributed by atoms with Crippen LogP contribution in [0.5, 0.6) is 0 Å². The highest BCUT2D eigenvalue weighted by Crippen LogP contribution is 2.06. The van der Waals surface area contributed by atoms with Crippen LogP contribution in [-0.2, 0) is 16.0 Å². The number of rotatable bonds is 6. The van der Waals surface area contributed by atoms with Gasteiger partial charge < -0.3 is 10.6 Å². The molecule has 1 aromatic rings. The van der Waals surface area contributed by atoms with E-state index in [1.807, 2.05) is 16.8 Å². The molecule has 0 saturated carbocycles. The molecular weight excluding hydrogens is 266 g/mol. The van der Waals surface area contributed by atoms with Crippen LogP contribution in [0, 0.1) is 0 Å². The Hall–Kier alpha value is -1.89. The lowest BCUT2D eigenvalue weighted by Gasteiger charge is -2.07. The van der Waals surface area contributed by atoms with Gasteiger partial charge >= 0.3 is 6.03 Å². The van der Waals surface area contributed by atoms with Crippen molar-refractivity contribution in [3.8, 4) is 0 Å². The molecular formula is C12H15N3O3S. The highest BCUT2D eigenvalue weighted by atomic mass is 32.1. The van der Waals surface area contributed by atoms with E-state index in [-0.39, 0.29) is 18.2 Å². The minimum Gasteiger partial charge on any atom is -0.356 e. The molecule has 4 amide bonds. The maximum Gasteiger partial charge on any atom is 0.322 e. The summed E-state index contributed by atoms with van der Waals surface area (Å²) in [5, 5.41) is 11.4. The molecule has 1 aliphatic rings. The Morgan fingerprint density at radius 1 is 1.42 bits per heavy atom. The largest absolute Gasteiger partial charge is 0.356 e. The Balaban J connectivity index is 1.62. The Bertz CT molecular complexity index is 473. The van der Waals surface area contributed by atoms with Gasteiger partial charge in [0.05, 0.1) is 0 Å². The molecule has 2 heterocycles. The van der Waals surface area contributed by atoms with Gasteiger partial charge in [-0.1, -0.05) is 0 Å². The van der Waals surface area contributed by atoms with Crippen molar-refractivity contribution in [1.29, 1.82) is 0 Å². The zero-order valence-electron chi connectivity index (χ0n) is 10.3. The summed E-state index contributed by atoms with van der Waals surface area (Å²) >= 11 is 1.63. The van der Waals surface area contributed by atoms with E-state index in [1.54, 1.807) is 11.3 Å². The number of urea groups is 1. The quantitative estimate of drug-likeness (QED) is 0.659. The molecule has 2 rings (SSSR count). The van der Waals surface area contributed by atoms with E-state index in [9.17, 15) is 14.4 Å². The zero-order valence-corrected chi connectivity index (χ0v) is 11.1. The van der Waals surface area contributed by atoms with E-state index >= 15 is 0 Å². The second-order valence-corrected chi connectivity index (χ2v) is 5.07. The van der Waals surface area contributed by atoms with E-state index in [0.29, 0.717) is 13.0 Å². The van der Waals surface area contributed by atoms with Gasteiger partial charge in [0.25, 0.3) is 5.91 Å². The van der Waals surface area contributed by atoms with Crippen LogP contribution in [0.4, 0.5) is 4.79 Å². The van der Waals surface area contributed by atoms with Crippen LogP contribution < -0.4 is 16.0 Å². The van der Waals surface area contributed by atoms with Crippen molar-refractivity contribution in [2.45, 2.75) is 25.3 Å². The maximum atomic E-state index is 11.6. The smallest absolute Gasteiger partial charge is 0.322 e. The van der Waals surface area contributed by atoms with Crippen LogP contribution in [0.15, 0.2) is 16.8 Å². The third-order valence-electron chi connectivity index (χ3n) is 2.83. The fraction of sp³-hybridized carbons (Fsp3) is 0.417. The molecule has 0 aliphatic carbocycles. The summed E-state index contributed by atoms with van der Waals surface area (Å²) in [6.45, 7) is 0.582. The zero-order chi connectivity index (χ0) is 13.7. The van der Waals surface area contributed by atoms with Crippen LogP contribution in [-0.4, -0.2) is 30.4 Å². The van der Waals surface area contributed by atoms with Crippen molar-refractivity contribution in [2.24, 2.45) is 0 Å². The Labute approximate surface area is 114 Å². The summed E-state index contributed by atoms with van der Waals surface area (Å²) < 4.78 is 0. The van der Waals surface area contributed by atoms with Crippen molar-refractivity contribution < 1.29 is 14.4 Å². The molecule has 1 saturated heterocycles. The molecule has 19 heavy (non-hydrogen) atoms. The van der Waals surface area contributed by atoms with Gasteiger partial charge in [0.2, 0.25) is 5.91 Å². The first-order valence-electron chi connectivity index (χ1n) is 6.04. The van der Waals surface area contributed by atoms with Crippen molar-refractivity contribution in [1.82, 2.24) is 16.0 Å². The van der Waals surface area contributed by atoms with Gasteiger partial charge in [0.1, 0.15) is 6.04 Å². The van der Waals surface area contributed by atoms with Gasteiger partial charge in [-0.15, -0.1) is 0 Å². The summed E-state index contributed by atoms with van der Waals surface area (Å²) in [6, 6.07) is 0.942.